The number of anilines is 1. The van der Waals surface area contributed by atoms with Crippen LogP contribution >= 0.6 is 11.8 Å². The monoisotopic (exact) mass is 237 g/mol. The van der Waals surface area contributed by atoms with Crippen LogP contribution in [0.1, 0.15) is 33.6 Å². The zero-order chi connectivity index (χ0) is 12.0. The summed E-state index contributed by atoms with van der Waals surface area (Å²) in [7, 11) is 0. The van der Waals surface area contributed by atoms with Gasteiger partial charge in [-0.05, 0) is 56.2 Å². The first-order chi connectivity index (χ1) is 7.61. The molecule has 0 aromatic heterocycles. The van der Waals surface area contributed by atoms with Gasteiger partial charge >= 0.3 is 0 Å². The lowest BCUT2D eigenvalue weighted by Crippen LogP contribution is -2.15. The molecule has 0 aliphatic carbocycles. The second-order valence-corrected chi connectivity index (χ2v) is 5.62. The molecule has 0 saturated heterocycles. The first-order valence-electron chi connectivity index (χ1n) is 6.02. The molecule has 1 rings (SSSR count). The molecule has 0 radical (unpaired) electrons. The highest BCUT2D eigenvalue weighted by Gasteiger charge is 2.03. The van der Waals surface area contributed by atoms with Crippen molar-refractivity contribution < 1.29 is 0 Å². The van der Waals surface area contributed by atoms with Crippen molar-refractivity contribution in [3.63, 3.8) is 0 Å². The second-order valence-electron chi connectivity index (χ2n) is 4.75. The molecule has 0 bridgehead atoms. The van der Waals surface area contributed by atoms with E-state index in [1.807, 2.05) is 0 Å². The third-order valence-corrected chi connectivity index (χ3v) is 3.42. The molecule has 0 amide bonds. The van der Waals surface area contributed by atoms with Crippen molar-refractivity contribution in [1.82, 2.24) is 0 Å². The maximum atomic E-state index is 3.54. The standard InChI is InChI=1S/C14H23NS/c1-11(2)5-6-12(3)15-13-7-9-14(16-4)10-8-13/h7-12,15H,5-6H2,1-4H3. The third kappa shape index (κ3) is 4.93. The molecule has 0 aliphatic rings. The molecular weight excluding hydrogens is 214 g/mol. The summed E-state index contributed by atoms with van der Waals surface area (Å²) in [6.07, 6.45) is 4.63. The summed E-state index contributed by atoms with van der Waals surface area (Å²) in [6.45, 7) is 6.81. The fraction of sp³-hybridized carbons (Fsp3) is 0.571. The third-order valence-electron chi connectivity index (χ3n) is 2.68. The maximum absolute atomic E-state index is 3.54. The van der Waals surface area contributed by atoms with Crippen molar-refractivity contribution in [2.45, 2.75) is 44.6 Å². The summed E-state index contributed by atoms with van der Waals surface area (Å²) in [5, 5.41) is 3.54. The van der Waals surface area contributed by atoms with E-state index in [1.165, 1.54) is 23.4 Å². The molecule has 1 aromatic carbocycles. The molecule has 90 valence electrons. The predicted octanol–water partition coefficient (Wildman–Crippen LogP) is 4.65. The number of nitrogens with one attached hydrogen (secondary N) is 1. The Balaban J connectivity index is 2.40. The lowest BCUT2D eigenvalue weighted by Gasteiger charge is -2.16. The zero-order valence-corrected chi connectivity index (χ0v) is 11.6. The molecule has 0 spiro atoms. The number of benzene rings is 1. The van der Waals surface area contributed by atoms with E-state index in [4.69, 9.17) is 0 Å². The molecule has 0 saturated carbocycles. The van der Waals surface area contributed by atoms with Crippen LogP contribution in [-0.2, 0) is 0 Å². The van der Waals surface area contributed by atoms with Crippen molar-refractivity contribution >= 4 is 17.4 Å². The highest BCUT2D eigenvalue weighted by Crippen LogP contribution is 2.19. The molecule has 0 heterocycles. The molecular formula is C14H23NS. The Labute approximate surface area is 104 Å². The van der Waals surface area contributed by atoms with Gasteiger partial charge < -0.3 is 5.32 Å². The average Bonchev–Trinajstić information content (AvgIpc) is 2.27. The Kier molecular flexibility index (Phi) is 5.75. The molecule has 16 heavy (non-hydrogen) atoms. The maximum Gasteiger partial charge on any atom is 0.0342 e. The summed E-state index contributed by atoms with van der Waals surface area (Å²) in [5.41, 5.74) is 1.23. The van der Waals surface area contributed by atoms with Gasteiger partial charge in [0.15, 0.2) is 0 Å². The predicted molar refractivity (Wildman–Crippen MR) is 75.4 cm³/mol. The van der Waals surface area contributed by atoms with Crippen molar-refractivity contribution in [2.24, 2.45) is 5.92 Å². The van der Waals surface area contributed by atoms with Crippen molar-refractivity contribution in [2.75, 3.05) is 11.6 Å². The Hall–Kier alpha value is -0.630. The summed E-state index contributed by atoms with van der Waals surface area (Å²) in [4.78, 5) is 1.32. The topological polar surface area (TPSA) is 12.0 Å². The number of rotatable bonds is 6. The molecule has 0 aliphatic heterocycles. The van der Waals surface area contributed by atoms with E-state index in [-0.39, 0.29) is 0 Å². The largest absolute Gasteiger partial charge is 0.383 e. The fourth-order valence-electron chi connectivity index (χ4n) is 1.63. The van der Waals surface area contributed by atoms with Gasteiger partial charge in [-0.2, -0.15) is 0 Å². The van der Waals surface area contributed by atoms with Crippen LogP contribution in [0.5, 0.6) is 0 Å². The summed E-state index contributed by atoms with van der Waals surface area (Å²) in [6, 6.07) is 9.22. The first-order valence-corrected chi connectivity index (χ1v) is 7.25. The first kappa shape index (κ1) is 13.4. The van der Waals surface area contributed by atoms with Gasteiger partial charge in [0.05, 0.1) is 0 Å². The Morgan fingerprint density at radius 3 is 2.19 bits per heavy atom. The molecule has 1 aromatic rings. The van der Waals surface area contributed by atoms with Gasteiger partial charge in [0.1, 0.15) is 0 Å². The minimum Gasteiger partial charge on any atom is -0.383 e. The van der Waals surface area contributed by atoms with Crippen molar-refractivity contribution in [3.05, 3.63) is 24.3 Å². The zero-order valence-electron chi connectivity index (χ0n) is 10.8. The summed E-state index contributed by atoms with van der Waals surface area (Å²) in [5.74, 6) is 0.795. The molecule has 1 unspecified atom stereocenters. The lowest BCUT2D eigenvalue weighted by molar-refractivity contribution is 0.528. The van der Waals surface area contributed by atoms with E-state index in [0.717, 1.165) is 5.92 Å². The van der Waals surface area contributed by atoms with E-state index < -0.39 is 0 Å². The van der Waals surface area contributed by atoms with Crippen LogP contribution in [0.3, 0.4) is 0 Å². The summed E-state index contributed by atoms with van der Waals surface area (Å²) >= 11 is 1.78. The second kappa shape index (κ2) is 6.85. The van der Waals surface area contributed by atoms with Crippen LogP contribution in [0.25, 0.3) is 0 Å². The van der Waals surface area contributed by atoms with Gasteiger partial charge in [0, 0.05) is 16.6 Å². The van der Waals surface area contributed by atoms with E-state index in [9.17, 15) is 0 Å². The molecule has 2 heteroatoms. The molecule has 1 nitrogen and oxygen atoms in total. The van der Waals surface area contributed by atoms with Gasteiger partial charge in [-0.1, -0.05) is 13.8 Å². The molecule has 0 fully saturated rings. The van der Waals surface area contributed by atoms with Crippen LogP contribution < -0.4 is 5.32 Å². The van der Waals surface area contributed by atoms with Gasteiger partial charge in [0.2, 0.25) is 0 Å². The Morgan fingerprint density at radius 1 is 1.06 bits per heavy atom. The van der Waals surface area contributed by atoms with Gasteiger partial charge in [0.25, 0.3) is 0 Å². The van der Waals surface area contributed by atoms with Crippen molar-refractivity contribution in [3.8, 4) is 0 Å². The minimum atomic E-state index is 0.558. The van der Waals surface area contributed by atoms with Crippen molar-refractivity contribution in [1.29, 1.82) is 0 Å². The van der Waals surface area contributed by atoms with Crippen LogP contribution in [0.15, 0.2) is 29.2 Å². The van der Waals surface area contributed by atoms with E-state index in [1.54, 1.807) is 11.8 Å². The highest BCUT2D eigenvalue weighted by atomic mass is 32.2. The minimum absolute atomic E-state index is 0.558. The van der Waals surface area contributed by atoms with Gasteiger partial charge in [-0.25, -0.2) is 0 Å². The quantitative estimate of drug-likeness (QED) is 0.723. The van der Waals surface area contributed by atoms with Crippen LogP contribution in [0, 0.1) is 5.92 Å². The summed E-state index contributed by atoms with van der Waals surface area (Å²) < 4.78 is 0. The lowest BCUT2D eigenvalue weighted by atomic mass is 10.0. The smallest absolute Gasteiger partial charge is 0.0342 e. The van der Waals surface area contributed by atoms with Gasteiger partial charge in [-0.3, -0.25) is 0 Å². The molecule has 1 N–H and O–H groups in total. The Morgan fingerprint density at radius 2 is 1.69 bits per heavy atom. The number of hydrogen-bond donors (Lipinski definition) is 1. The highest BCUT2D eigenvalue weighted by molar-refractivity contribution is 7.98. The fourth-order valence-corrected chi connectivity index (χ4v) is 2.04. The van der Waals surface area contributed by atoms with E-state index in [2.05, 4.69) is 56.6 Å². The van der Waals surface area contributed by atoms with Crippen LogP contribution in [0.2, 0.25) is 0 Å². The Bertz CT molecular complexity index is 292. The SMILES string of the molecule is CSc1ccc(NC(C)CCC(C)C)cc1. The molecule has 1 atom stereocenters. The van der Waals surface area contributed by atoms with Gasteiger partial charge in [-0.15, -0.1) is 11.8 Å². The van der Waals surface area contributed by atoms with E-state index >= 15 is 0 Å². The number of thioether (sulfide) groups is 1. The van der Waals surface area contributed by atoms with Crippen LogP contribution in [0.4, 0.5) is 5.69 Å². The number of hydrogen-bond acceptors (Lipinski definition) is 2. The normalized spacial score (nSPS) is 12.8. The van der Waals surface area contributed by atoms with E-state index in [0.29, 0.717) is 6.04 Å². The average molecular weight is 237 g/mol. The van der Waals surface area contributed by atoms with Crippen LogP contribution in [-0.4, -0.2) is 12.3 Å².